The number of hydrogen-bond acceptors (Lipinski definition) is 7. The molecule has 0 unspecified atom stereocenters. The van der Waals surface area contributed by atoms with E-state index in [1.807, 2.05) is 48.5 Å². The van der Waals surface area contributed by atoms with E-state index in [0.717, 1.165) is 11.3 Å². The molecule has 9 heteroatoms. The Bertz CT molecular complexity index is 1050. The SMILES string of the molecule is COc1ccccc1-n1nnnc1SCc1ncc(-c2ccc(Cl)cc2)o1. The van der Waals surface area contributed by atoms with Gasteiger partial charge in [0.25, 0.3) is 0 Å². The lowest BCUT2D eigenvalue weighted by atomic mass is 10.2. The molecule has 2 aromatic carbocycles. The number of para-hydroxylation sites is 2. The third kappa shape index (κ3) is 3.81. The smallest absolute Gasteiger partial charge is 0.214 e. The summed E-state index contributed by atoms with van der Waals surface area (Å²) in [6.07, 6.45) is 1.70. The van der Waals surface area contributed by atoms with E-state index in [9.17, 15) is 0 Å². The van der Waals surface area contributed by atoms with E-state index in [4.69, 9.17) is 20.8 Å². The van der Waals surface area contributed by atoms with Crippen LogP contribution < -0.4 is 4.74 Å². The molecule has 0 saturated carbocycles. The van der Waals surface area contributed by atoms with Crippen molar-refractivity contribution in [2.24, 2.45) is 0 Å². The van der Waals surface area contributed by atoms with Gasteiger partial charge in [0.05, 0.1) is 19.1 Å². The Kier molecular flexibility index (Phi) is 5.08. The summed E-state index contributed by atoms with van der Waals surface area (Å²) in [5, 5.41) is 13.2. The van der Waals surface area contributed by atoms with E-state index >= 15 is 0 Å². The van der Waals surface area contributed by atoms with Gasteiger partial charge in [0.1, 0.15) is 11.4 Å². The lowest BCUT2D eigenvalue weighted by Crippen LogP contribution is -2.01. The molecule has 0 atom stereocenters. The van der Waals surface area contributed by atoms with Gasteiger partial charge in [0, 0.05) is 10.6 Å². The maximum atomic E-state index is 5.92. The summed E-state index contributed by atoms with van der Waals surface area (Å²) < 4.78 is 12.8. The first-order valence-corrected chi connectivity index (χ1v) is 9.36. The van der Waals surface area contributed by atoms with Gasteiger partial charge in [0.2, 0.25) is 11.0 Å². The number of tetrazole rings is 1. The van der Waals surface area contributed by atoms with Crippen molar-refractivity contribution in [1.82, 2.24) is 25.2 Å². The first kappa shape index (κ1) is 17.6. The van der Waals surface area contributed by atoms with Gasteiger partial charge in [-0.15, -0.1) is 5.10 Å². The standard InChI is InChI=1S/C18H14ClN5O2S/c1-25-15-5-3-2-4-14(15)24-18(21-22-23-24)27-11-17-20-10-16(26-17)12-6-8-13(19)9-7-12/h2-10H,11H2,1H3. The van der Waals surface area contributed by atoms with E-state index in [1.165, 1.54) is 11.8 Å². The highest BCUT2D eigenvalue weighted by atomic mass is 35.5. The van der Waals surface area contributed by atoms with Crippen LogP contribution in [-0.4, -0.2) is 32.3 Å². The molecule has 0 N–H and O–H groups in total. The first-order chi connectivity index (χ1) is 13.2. The number of methoxy groups -OCH3 is 1. The fourth-order valence-electron chi connectivity index (χ4n) is 2.48. The molecule has 0 bridgehead atoms. The van der Waals surface area contributed by atoms with Crippen LogP contribution in [-0.2, 0) is 5.75 Å². The highest BCUT2D eigenvalue weighted by Gasteiger charge is 2.14. The fourth-order valence-corrected chi connectivity index (χ4v) is 3.34. The van der Waals surface area contributed by atoms with E-state index < -0.39 is 0 Å². The predicted molar refractivity (Wildman–Crippen MR) is 102 cm³/mol. The summed E-state index contributed by atoms with van der Waals surface area (Å²) in [4.78, 5) is 4.33. The Hall–Kier alpha value is -2.84. The van der Waals surface area contributed by atoms with E-state index in [0.29, 0.717) is 33.3 Å². The van der Waals surface area contributed by atoms with Gasteiger partial charge in [-0.2, -0.15) is 4.68 Å². The van der Waals surface area contributed by atoms with Crippen LogP contribution in [0.4, 0.5) is 0 Å². The van der Waals surface area contributed by atoms with Gasteiger partial charge >= 0.3 is 0 Å². The molecule has 0 aliphatic heterocycles. The molecule has 27 heavy (non-hydrogen) atoms. The van der Waals surface area contributed by atoms with Crippen molar-refractivity contribution in [2.75, 3.05) is 7.11 Å². The largest absolute Gasteiger partial charge is 0.494 e. The Morgan fingerprint density at radius 3 is 2.78 bits per heavy atom. The number of aromatic nitrogens is 5. The Morgan fingerprint density at radius 2 is 1.96 bits per heavy atom. The van der Waals surface area contributed by atoms with E-state index in [-0.39, 0.29) is 0 Å². The third-order valence-corrected chi connectivity index (χ3v) is 4.92. The number of benzene rings is 2. The van der Waals surface area contributed by atoms with Crippen LogP contribution in [0, 0.1) is 0 Å². The summed E-state index contributed by atoms with van der Waals surface area (Å²) in [5.41, 5.74) is 1.68. The highest BCUT2D eigenvalue weighted by Crippen LogP contribution is 2.28. The minimum Gasteiger partial charge on any atom is -0.494 e. The Labute approximate surface area is 164 Å². The van der Waals surface area contributed by atoms with Crippen molar-refractivity contribution >= 4 is 23.4 Å². The second kappa shape index (κ2) is 7.81. The molecule has 4 rings (SSSR count). The number of thioether (sulfide) groups is 1. The van der Waals surface area contributed by atoms with Gasteiger partial charge in [-0.05, 0) is 46.8 Å². The van der Waals surface area contributed by atoms with Crippen LogP contribution >= 0.6 is 23.4 Å². The number of rotatable bonds is 6. The number of ether oxygens (including phenoxy) is 1. The van der Waals surface area contributed by atoms with Crippen LogP contribution in [0.25, 0.3) is 17.0 Å². The monoisotopic (exact) mass is 399 g/mol. The lowest BCUT2D eigenvalue weighted by molar-refractivity contribution is 0.410. The molecule has 7 nitrogen and oxygen atoms in total. The maximum Gasteiger partial charge on any atom is 0.214 e. The molecule has 0 spiro atoms. The molecule has 0 aliphatic carbocycles. The summed E-state index contributed by atoms with van der Waals surface area (Å²) in [7, 11) is 1.61. The average molecular weight is 400 g/mol. The van der Waals surface area contributed by atoms with Gasteiger partial charge in [-0.1, -0.05) is 35.5 Å². The molecule has 0 fully saturated rings. The second-order valence-corrected chi connectivity index (χ2v) is 6.84. The van der Waals surface area contributed by atoms with E-state index in [1.54, 1.807) is 18.0 Å². The Morgan fingerprint density at radius 1 is 1.15 bits per heavy atom. The zero-order chi connectivity index (χ0) is 18.6. The second-order valence-electron chi connectivity index (χ2n) is 5.46. The molecule has 0 amide bonds. The average Bonchev–Trinajstić information content (AvgIpc) is 3.36. The van der Waals surface area contributed by atoms with Gasteiger partial charge in [-0.3, -0.25) is 0 Å². The van der Waals surface area contributed by atoms with Crippen LogP contribution in [0.2, 0.25) is 5.02 Å². The summed E-state index contributed by atoms with van der Waals surface area (Å²) in [5.74, 6) is 2.45. The minimum atomic E-state index is 0.489. The molecule has 2 aromatic heterocycles. The molecule has 0 saturated heterocycles. The molecule has 4 aromatic rings. The topological polar surface area (TPSA) is 78.9 Å². The van der Waals surface area contributed by atoms with Crippen molar-refractivity contribution in [1.29, 1.82) is 0 Å². The highest BCUT2D eigenvalue weighted by molar-refractivity contribution is 7.98. The zero-order valence-electron chi connectivity index (χ0n) is 14.2. The number of oxazole rings is 1. The van der Waals surface area contributed by atoms with Gasteiger partial charge in [-0.25, -0.2) is 4.98 Å². The minimum absolute atomic E-state index is 0.489. The molecular weight excluding hydrogens is 386 g/mol. The molecular formula is C18H14ClN5O2S. The molecule has 2 heterocycles. The van der Waals surface area contributed by atoms with Crippen LogP contribution in [0.3, 0.4) is 0 Å². The van der Waals surface area contributed by atoms with E-state index in [2.05, 4.69) is 20.5 Å². The van der Waals surface area contributed by atoms with Crippen molar-refractivity contribution in [3.05, 3.63) is 65.6 Å². The normalized spacial score (nSPS) is 10.9. The number of nitrogens with zero attached hydrogens (tertiary/aromatic N) is 5. The van der Waals surface area contributed by atoms with Crippen LogP contribution in [0.15, 0.2) is 64.3 Å². The first-order valence-electron chi connectivity index (χ1n) is 8.00. The van der Waals surface area contributed by atoms with Crippen LogP contribution in [0.5, 0.6) is 5.75 Å². The quantitative estimate of drug-likeness (QED) is 0.448. The zero-order valence-corrected chi connectivity index (χ0v) is 15.8. The predicted octanol–water partition coefficient (Wildman–Crippen LogP) is 4.27. The summed E-state index contributed by atoms with van der Waals surface area (Å²) in [6, 6.07) is 15.0. The van der Waals surface area contributed by atoms with Gasteiger partial charge < -0.3 is 9.15 Å². The van der Waals surface area contributed by atoms with Crippen molar-refractivity contribution in [3.63, 3.8) is 0 Å². The molecule has 136 valence electrons. The summed E-state index contributed by atoms with van der Waals surface area (Å²) in [6.45, 7) is 0. The summed E-state index contributed by atoms with van der Waals surface area (Å²) >= 11 is 7.34. The number of halogens is 1. The molecule has 0 aliphatic rings. The molecule has 0 radical (unpaired) electrons. The number of hydrogen-bond donors (Lipinski definition) is 0. The van der Waals surface area contributed by atoms with Crippen molar-refractivity contribution < 1.29 is 9.15 Å². The van der Waals surface area contributed by atoms with Crippen molar-refractivity contribution in [2.45, 2.75) is 10.9 Å². The lowest BCUT2D eigenvalue weighted by Gasteiger charge is -2.08. The third-order valence-electron chi connectivity index (χ3n) is 3.76. The van der Waals surface area contributed by atoms with Gasteiger partial charge in [0.15, 0.2) is 5.76 Å². The maximum absolute atomic E-state index is 5.92. The Balaban J connectivity index is 1.51. The fraction of sp³-hybridized carbons (Fsp3) is 0.111. The van der Waals surface area contributed by atoms with Crippen LogP contribution in [0.1, 0.15) is 5.89 Å². The van der Waals surface area contributed by atoms with Crippen molar-refractivity contribution in [3.8, 4) is 22.8 Å².